The molecule has 0 aromatic carbocycles. The summed E-state index contributed by atoms with van der Waals surface area (Å²) in [5.74, 6) is 1.76. The van der Waals surface area contributed by atoms with Gasteiger partial charge in [0.05, 0.1) is 20.6 Å². The first kappa shape index (κ1) is 30.2. The van der Waals surface area contributed by atoms with Crippen LogP contribution in [-0.4, -0.2) is 33.7 Å². The fourth-order valence-corrected chi connectivity index (χ4v) is 9.06. The van der Waals surface area contributed by atoms with Crippen LogP contribution in [0.1, 0.15) is 137 Å². The van der Waals surface area contributed by atoms with Gasteiger partial charge in [-0.1, -0.05) is 125 Å². The average Bonchev–Trinajstić information content (AvgIpc) is 2.66. The first-order chi connectivity index (χ1) is 14.3. The molecule has 0 amide bonds. The smallest absolute Gasteiger partial charge is 0.270 e. The number of unbranched alkanes of at least 4 members (excludes halogenated alkanes) is 15. The third-order valence-corrected chi connectivity index (χ3v) is 12.3. The summed E-state index contributed by atoms with van der Waals surface area (Å²) < 4.78 is 1.37. The highest BCUT2D eigenvalue weighted by Crippen LogP contribution is 2.22. The molecule has 0 aromatic heterocycles. The summed E-state index contributed by atoms with van der Waals surface area (Å²) in [5, 5.41) is 0. The summed E-state index contributed by atoms with van der Waals surface area (Å²) in [6, 6.07) is 3.04. The molecule has 0 unspecified atom stereocenters. The Morgan fingerprint density at radius 3 is 1.10 bits per heavy atom. The third kappa shape index (κ3) is 18.9. The first-order valence-electron chi connectivity index (χ1n) is 14.1. The molecular formula is C28H62NSi+. The predicted octanol–water partition coefficient (Wildman–Crippen LogP) is 9.36. The van der Waals surface area contributed by atoms with E-state index in [0.29, 0.717) is 0 Å². The van der Waals surface area contributed by atoms with Crippen molar-refractivity contribution in [1.29, 1.82) is 0 Å². The Labute approximate surface area is 195 Å². The number of hydrogen-bond donors (Lipinski definition) is 0. The van der Waals surface area contributed by atoms with Gasteiger partial charge >= 0.3 is 0 Å². The van der Waals surface area contributed by atoms with Crippen LogP contribution in [0, 0.1) is 11.8 Å². The normalized spacial score (nSPS) is 12.6. The molecule has 0 bridgehead atoms. The van der Waals surface area contributed by atoms with E-state index < -0.39 is 8.96 Å². The molecule has 0 rings (SSSR count). The van der Waals surface area contributed by atoms with Crippen molar-refractivity contribution in [3.63, 3.8) is 0 Å². The van der Waals surface area contributed by atoms with E-state index in [2.05, 4.69) is 48.7 Å². The molecule has 0 radical (unpaired) electrons. The van der Waals surface area contributed by atoms with Crippen molar-refractivity contribution in [2.45, 2.75) is 149 Å². The first-order valence-corrected chi connectivity index (χ1v) is 16.3. The van der Waals surface area contributed by atoms with Crippen LogP contribution in [0.4, 0.5) is 0 Å². The van der Waals surface area contributed by atoms with Crippen LogP contribution in [0.5, 0.6) is 0 Å². The molecule has 0 atom stereocenters. The lowest BCUT2D eigenvalue weighted by atomic mass is 10.0. The van der Waals surface area contributed by atoms with E-state index in [0.717, 1.165) is 11.8 Å². The number of quaternary nitrogens is 1. The fourth-order valence-electron chi connectivity index (χ4n) is 5.01. The molecule has 0 fully saturated rings. The average molecular weight is 441 g/mol. The van der Waals surface area contributed by atoms with Gasteiger partial charge in [0.1, 0.15) is 0 Å². The molecule has 0 saturated heterocycles. The molecule has 1 nitrogen and oxygen atoms in total. The second-order valence-electron chi connectivity index (χ2n) is 11.7. The van der Waals surface area contributed by atoms with Crippen LogP contribution in [0.2, 0.25) is 12.1 Å². The number of rotatable bonds is 22. The van der Waals surface area contributed by atoms with Gasteiger partial charge in [0.2, 0.25) is 0 Å². The van der Waals surface area contributed by atoms with Crippen molar-refractivity contribution < 1.29 is 4.15 Å². The summed E-state index contributed by atoms with van der Waals surface area (Å²) in [6.45, 7) is 13.4. The van der Waals surface area contributed by atoms with Crippen LogP contribution >= 0.6 is 0 Å². The predicted molar refractivity (Wildman–Crippen MR) is 143 cm³/mol. The largest absolute Gasteiger partial charge is 0.390 e. The molecule has 30 heavy (non-hydrogen) atoms. The van der Waals surface area contributed by atoms with E-state index in [9.17, 15) is 0 Å². The summed E-state index contributed by atoms with van der Waals surface area (Å²) in [7, 11) is 4.38. The molecule has 0 aromatic rings. The van der Waals surface area contributed by atoms with Gasteiger partial charge in [0.25, 0.3) is 8.96 Å². The summed E-state index contributed by atoms with van der Waals surface area (Å²) >= 11 is 0. The van der Waals surface area contributed by atoms with Crippen LogP contribution in [0.15, 0.2) is 0 Å². The Bertz CT molecular complexity index is 341. The van der Waals surface area contributed by atoms with Crippen molar-refractivity contribution in [2.75, 3.05) is 20.6 Å². The maximum absolute atomic E-state index is 2.55. The van der Waals surface area contributed by atoms with E-state index >= 15 is 0 Å². The molecule has 0 saturated carbocycles. The van der Waals surface area contributed by atoms with E-state index in [4.69, 9.17) is 0 Å². The van der Waals surface area contributed by atoms with Gasteiger partial charge in [0, 0.05) is 0 Å². The van der Waals surface area contributed by atoms with Gasteiger partial charge in [-0.2, -0.15) is 0 Å². The lowest BCUT2D eigenvalue weighted by molar-refractivity contribution is -0.786. The molecule has 0 aliphatic rings. The zero-order chi connectivity index (χ0) is 22.7. The summed E-state index contributed by atoms with van der Waals surface area (Å²) in [5.41, 5.74) is 0. The number of hydrogen-bond acceptors (Lipinski definition) is 0. The molecular weight excluding hydrogens is 378 g/mol. The molecule has 0 N–H and O–H groups in total. The minimum absolute atomic E-state index is 0.716. The van der Waals surface area contributed by atoms with Crippen molar-refractivity contribution >= 4 is 8.96 Å². The highest BCUT2D eigenvalue weighted by atomic mass is 28.3. The van der Waals surface area contributed by atoms with E-state index in [1.807, 2.05) is 0 Å². The topological polar surface area (TPSA) is 0 Å². The lowest BCUT2D eigenvalue weighted by Gasteiger charge is -2.39. The SMILES string of the molecule is CCCCCCCCCCCCCCCCCC[N+](C)(C)[SiH](CC(C)C)CC(C)C. The van der Waals surface area contributed by atoms with Gasteiger partial charge in [-0.3, -0.25) is 0 Å². The van der Waals surface area contributed by atoms with Gasteiger partial charge in [-0.05, 0) is 36.8 Å². The minimum atomic E-state index is -0.716. The van der Waals surface area contributed by atoms with Crippen LogP contribution < -0.4 is 0 Å². The van der Waals surface area contributed by atoms with Crippen LogP contribution in [0.3, 0.4) is 0 Å². The van der Waals surface area contributed by atoms with E-state index in [1.165, 1.54) is 126 Å². The van der Waals surface area contributed by atoms with Crippen molar-refractivity contribution in [3.8, 4) is 0 Å². The standard InChI is InChI=1S/C28H62NSi/c1-8-9-10-11-12-13-14-15-16-17-18-19-20-21-22-23-24-29(6,7)30(25-27(2)3)26-28(4)5/h27-28,30H,8-26H2,1-7H3/q+1. The highest BCUT2D eigenvalue weighted by Gasteiger charge is 2.32. The Morgan fingerprint density at radius 2 is 0.800 bits per heavy atom. The van der Waals surface area contributed by atoms with E-state index in [1.54, 1.807) is 0 Å². The van der Waals surface area contributed by atoms with Gasteiger partial charge < -0.3 is 4.15 Å². The Kier molecular flexibility index (Phi) is 19.9. The molecule has 0 spiro atoms. The molecule has 0 heterocycles. The fraction of sp³-hybridized carbons (Fsp3) is 1.00. The molecule has 0 aliphatic carbocycles. The summed E-state index contributed by atoms with van der Waals surface area (Å²) in [4.78, 5) is 0. The molecule has 182 valence electrons. The Hall–Kier alpha value is 0.177. The van der Waals surface area contributed by atoms with Gasteiger partial charge in [-0.25, -0.2) is 0 Å². The summed E-state index contributed by atoms with van der Waals surface area (Å²) in [6.07, 6.45) is 23.5. The Morgan fingerprint density at radius 1 is 0.500 bits per heavy atom. The highest BCUT2D eigenvalue weighted by molar-refractivity contribution is 6.51. The van der Waals surface area contributed by atoms with Crippen molar-refractivity contribution in [2.24, 2.45) is 11.8 Å². The number of nitrogens with zero attached hydrogens (tertiary/aromatic N) is 1. The molecule has 0 aliphatic heterocycles. The van der Waals surface area contributed by atoms with E-state index in [-0.39, 0.29) is 0 Å². The maximum atomic E-state index is 2.55. The van der Waals surface area contributed by atoms with Gasteiger partial charge in [-0.15, -0.1) is 0 Å². The van der Waals surface area contributed by atoms with Crippen LogP contribution in [-0.2, 0) is 0 Å². The molecule has 2 heteroatoms. The zero-order valence-corrected chi connectivity index (χ0v) is 23.8. The zero-order valence-electron chi connectivity index (χ0n) is 22.6. The Balaban J connectivity index is 3.59. The van der Waals surface area contributed by atoms with Gasteiger partial charge in [0.15, 0.2) is 0 Å². The quantitative estimate of drug-likeness (QED) is 0.116. The lowest BCUT2D eigenvalue weighted by Crippen LogP contribution is -2.53. The van der Waals surface area contributed by atoms with Crippen LogP contribution in [0.25, 0.3) is 0 Å². The second-order valence-corrected chi connectivity index (χ2v) is 15.4. The monoisotopic (exact) mass is 440 g/mol. The second kappa shape index (κ2) is 19.8. The van der Waals surface area contributed by atoms with Crippen molar-refractivity contribution in [3.05, 3.63) is 0 Å². The van der Waals surface area contributed by atoms with Crippen molar-refractivity contribution in [1.82, 2.24) is 0 Å². The maximum Gasteiger partial charge on any atom is 0.270 e. The third-order valence-electron chi connectivity index (χ3n) is 7.06. The minimum Gasteiger partial charge on any atom is -0.390 e.